The molecule has 0 spiro atoms. The van der Waals surface area contributed by atoms with E-state index in [0.717, 1.165) is 12.8 Å². The molecule has 58 heavy (non-hydrogen) atoms. The largest absolute Gasteiger partial charge is 0.496 e. The second-order valence-corrected chi connectivity index (χ2v) is 22.9. The number of alkyl halides is 12. The summed E-state index contributed by atoms with van der Waals surface area (Å²) in [5.74, 6) is -0.576. The first-order valence-electron chi connectivity index (χ1n) is 19.2. The fourth-order valence-electron chi connectivity index (χ4n) is 11.4. The topological polar surface area (TPSA) is 36.9 Å². The number of ether oxygens (including phenoxy) is 4. The van der Waals surface area contributed by atoms with Crippen LogP contribution >= 0.6 is 23.3 Å². The van der Waals surface area contributed by atoms with Gasteiger partial charge in [-0.05, 0) is 89.5 Å². The van der Waals surface area contributed by atoms with Crippen molar-refractivity contribution in [2.24, 2.45) is 45.3 Å². The van der Waals surface area contributed by atoms with Gasteiger partial charge in [0.1, 0.15) is 11.5 Å². The summed E-state index contributed by atoms with van der Waals surface area (Å²) in [5, 5.41) is 0. The Bertz CT molecular complexity index is 1810. The molecule has 18 heteroatoms. The molecule has 4 saturated carbocycles. The molecule has 320 valence electrons. The van der Waals surface area contributed by atoms with E-state index < -0.39 is 79.2 Å². The number of benzene rings is 1. The average Bonchev–Trinajstić information content (AvgIpc) is 3.81. The van der Waals surface area contributed by atoms with E-state index in [4.69, 9.17) is 18.9 Å². The van der Waals surface area contributed by atoms with E-state index in [1.54, 1.807) is 6.07 Å². The number of hydrogen-bond acceptors (Lipinski definition) is 4. The highest BCUT2D eigenvalue weighted by atomic mass is 79.9. The SMILES string of the molecule is FC(F)(F)C1(C(F)(F)F)C=CC(S(Br)(C2=C(OCC34CCC(C3)C3COC34)CC(C(F)(F)F)(C(F)(F)F)C=C2)c2ccccc2)=C(OCC23CCC(C2)C2COC23)C1. The maximum Gasteiger partial charge on any atom is 0.407 e. The molecule has 6 aliphatic carbocycles. The lowest BCUT2D eigenvalue weighted by Gasteiger charge is -2.48. The van der Waals surface area contributed by atoms with Gasteiger partial charge in [-0.2, -0.15) is 52.7 Å². The highest BCUT2D eigenvalue weighted by molar-refractivity contribution is 9.59. The van der Waals surface area contributed by atoms with Crippen LogP contribution in [0.4, 0.5) is 52.7 Å². The highest BCUT2D eigenvalue weighted by Gasteiger charge is 2.73. The Kier molecular flexibility index (Phi) is 9.28. The Labute approximate surface area is 334 Å². The van der Waals surface area contributed by atoms with Crippen molar-refractivity contribution in [1.82, 2.24) is 0 Å². The molecule has 0 N–H and O–H groups in total. The van der Waals surface area contributed by atoms with Gasteiger partial charge in [0.05, 0.1) is 38.6 Å². The molecule has 2 aliphatic heterocycles. The predicted octanol–water partition coefficient (Wildman–Crippen LogP) is 12.4. The zero-order valence-electron chi connectivity index (χ0n) is 30.6. The van der Waals surface area contributed by atoms with Crippen LogP contribution in [0.5, 0.6) is 0 Å². The molecule has 4 bridgehead atoms. The van der Waals surface area contributed by atoms with E-state index in [0.29, 0.717) is 51.0 Å². The standard InChI is InChI=1S/C40H39BrF12O4S/c41-58(24-4-2-1-3-5-24,29-8-12-35(37(42,43)44,38(45,46)47)16-27(29)56-20-33-10-6-22(14-33)25-18-54-31(25)33)30-9-13-36(39(48,49)50,40(51,52)53)17-28(30)57-21-34-11-7-23(15-34)26-19-55-32(26)34/h1-5,8-9,12-13,22-23,25-26,31-32H,6-7,10-11,14-21H2. The number of hydrogen-bond donors (Lipinski definition) is 0. The first kappa shape index (κ1) is 41.1. The summed E-state index contributed by atoms with van der Waals surface area (Å²) < 4.78 is 202. The van der Waals surface area contributed by atoms with Crippen LogP contribution in [0.3, 0.4) is 0 Å². The number of rotatable bonds is 9. The van der Waals surface area contributed by atoms with Crippen LogP contribution in [0, 0.1) is 45.3 Å². The van der Waals surface area contributed by atoms with E-state index in [1.165, 1.54) is 24.3 Å². The number of halogens is 13. The molecule has 2 heterocycles. The van der Waals surface area contributed by atoms with Crippen LogP contribution in [0.25, 0.3) is 0 Å². The van der Waals surface area contributed by atoms with Gasteiger partial charge in [-0.1, -0.05) is 38.8 Å². The summed E-state index contributed by atoms with van der Waals surface area (Å²) in [4.78, 5) is -0.376. The smallest absolute Gasteiger partial charge is 0.407 e. The third-order valence-corrected chi connectivity index (χ3v) is 20.8. The Morgan fingerprint density at radius 3 is 1.34 bits per heavy atom. The summed E-state index contributed by atoms with van der Waals surface area (Å²) in [6.07, 6.45) is -22.5. The normalized spacial score (nSPS) is 37.5. The first-order valence-corrected chi connectivity index (χ1v) is 22.7. The number of fused-ring (bicyclic) bond motifs is 10. The summed E-state index contributed by atoms with van der Waals surface area (Å²) >= 11 is 3.65. The van der Waals surface area contributed by atoms with Gasteiger partial charge in [0.15, 0.2) is 10.8 Å². The lowest BCUT2D eigenvalue weighted by atomic mass is 9.75. The zero-order chi connectivity index (χ0) is 41.5. The van der Waals surface area contributed by atoms with Crippen molar-refractivity contribution < 1.29 is 71.6 Å². The molecular weight excluding hydrogens is 884 g/mol. The van der Waals surface area contributed by atoms with Crippen LogP contribution in [-0.2, 0) is 18.9 Å². The minimum absolute atomic E-state index is 0.0146. The molecule has 9 rings (SSSR count). The van der Waals surface area contributed by atoms with E-state index >= 15 is 0 Å². The van der Waals surface area contributed by atoms with E-state index in [9.17, 15) is 52.7 Å². The van der Waals surface area contributed by atoms with Crippen molar-refractivity contribution in [3.63, 3.8) is 0 Å². The lowest BCUT2D eigenvalue weighted by Crippen LogP contribution is -2.52. The molecule has 6 fully saturated rings. The van der Waals surface area contributed by atoms with Gasteiger partial charge in [0, 0.05) is 50.2 Å². The molecule has 4 nitrogen and oxygen atoms in total. The Hall–Kier alpha value is -2.31. The van der Waals surface area contributed by atoms with Gasteiger partial charge in [0.2, 0.25) is 0 Å². The van der Waals surface area contributed by atoms with Crippen molar-refractivity contribution in [3.8, 4) is 0 Å². The van der Waals surface area contributed by atoms with Crippen LogP contribution in [0.2, 0.25) is 0 Å². The van der Waals surface area contributed by atoms with Gasteiger partial charge in [0.25, 0.3) is 0 Å². The van der Waals surface area contributed by atoms with Crippen LogP contribution in [0.15, 0.2) is 80.9 Å². The Balaban J connectivity index is 1.22. The van der Waals surface area contributed by atoms with Crippen LogP contribution in [-0.4, -0.2) is 63.3 Å². The summed E-state index contributed by atoms with van der Waals surface area (Å²) in [6, 6.07) is 7.48. The van der Waals surface area contributed by atoms with E-state index in [1.807, 2.05) is 0 Å². The fraction of sp³-hybridized carbons (Fsp3) is 0.650. The molecule has 0 amide bonds. The first-order chi connectivity index (χ1) is 27.0. The quantitative estimate of drug-likeness (QED) is 0.231. The Morgan fingerprint density at radius 2 is 1.02 bits per heavy atom. The minimum Gasteiger partial charge on any atom is -0.496 e. The van der Waals surface area contributed by atoms with Gasteiger partial charge in [-0.15, -0.1) is 0 Å². The minimum atomic E-state index is -5.87. The third-order valence-electron chi connectivity index (χ3n) is 14.7. The van der Waals surface area contributed by atoms with Crippen molar-refractivity contribution >= 4 is 23.3 Å². The van der Waals surface area contributed by atoms with Crippen molar-refractivity contribution in [2.75, 3.05) is 26.4 Å². The molecule has 8 atom stereocenters. The number of allylic oxidation sites excluding steroid dienone is 6. The maximum atomic E-state index is 14.8. The summed E-state index contributed by atoms with van der Waals surface area (Å²) in [5.41, 5.74) is -10.2. The monoisotopic (exact) mass is 922 g/mol. The summed E-state index contributed by atoms with van der Waals surface area (Å²) in [6.45, 7) is 0.377. The lowest BCUT2D eigenvalue weighted by molar-refractivity contribution is -0.324. The fourth-order valence-corrected chi connectivity index (χ4v) is 16.5. The van der Waals surface area contributed by atoms with Crippen molar-refractivity contribution in [3.05, 3.63) is 76.0 Å². The van der Waals surface area contributed by atoms with Gasteiger partial charge < -0.3 is 18.9 Å². The molecular formula is C40H39BrF12O4S. The van der Waals surface area contributed by atoms with Crippen LogP contribution < -0.4 is 0 Å². The average molecular weight is 924 g/mol. The molecule has 1 aromatic carbocycles. The molecule has 0 radical (unpaired) electrons. The van der Waals surface area contributed by atoms with Gasteiger partial charge in [-0.3, -0.25) is 0 Å². The Morgan fingerprint density at radius 1 is 0.621 bits per heavy atom. The van der Waals surface area contributed by atoms with Gasteiger partial charge in [-0.25, -0.2) is 0 Å². The predicted molar refractivity (Wildman–Crippen MR) is 190 cm³/mol. The zero-order valence-corrected chi connectivity index (χ0v) is 33.0. The molecule has 1 aromatic rings. The molecule has 8 aliphatic rings. The van der Waals surface area contributed by atoms with Crippen LogP contribution in [0.1, 0.15) is 51.4 Å². The molecule has 8 unspecified atom stereocenters. The maximum absolute atomic E-state index is 14.8. The van der Waals surface area contributed by atoms with Gasteiger partial charge >= 0.3 is 24.7 Å². The second kappa shape index (κ2) is 13.1. The third kappa shape index (κ3) is 5.70. The molecule has 2 saturated heterocycles. The highest BCUT2D eigenvalue weighted by Crippen LogP contribution is 2.79. The molecule has 0 aromatic heterocycles. The van der Waals surface area contributed by atoms with Crippen molar-refractivity contribution in [2.45, 2.75) is 93.2 Å². The second-order valence-electron chi connectivity index (χ2n) is 17.5. The van der Waals surface area contributed by atoms with Crippen molar-refractivity contribution in [1.29, 1.82) is 0 Å². The van der Waals surface area contributed by atoms with E-state index in [2.05, 4.69) is 14.8 Å². The van der Waals surface area contributed by atoms with E-state index in [-0.39, 0.29) is 76.0 Å². The summed E-state index contributed by atoms with van der Waals surface area (Å²) in [7, 11) is -3.53.